The molecule has 3 aliphatic rings. The van der Waals surface area contributed by atoms with E-state index in [0.717, 1.165) is 7.11 Å². The average molecular weight is 384 g/mol. The van der Waals surface area contributed by atoms with Gasteiger partial charge in [0.2, 0.25) is 0 Å². The van der Waals surface area contributed by atoms with Gasteiger partial charge in [-0.25, -0.2) is 9.59 Å². The van der Waals surface area contributed by atoms with E-state index < -0.39 is 54.1 Å². The molecule has 0 bridgehead atoms. The van der Waals surface area contributed by atoms with Gasteiger partial charge in [0.25, 0.3) is 5.72 Å². The Bertz CT molecular complexity index is 747. The summed E-state index contributed by atoms with van der Waals surface area (Å²) < 4.78 is 31.8. The number of carbonyl (C=O) groups is 2. The molecule has 3 heterocycles. The van der Waals surface area contributed by atoms with Crippen molar-refractivity contribution in [2.45, 2.75) is 55.8 Å². The van der Waals surface area contributed by atoms with Gasteiger partial charge in [0, 0.05) is 9.82 Å². The molecule has 0 N–H and O–H groups in total. The standard InChI is InChI=1S/C13H16N6O8/c1-12(2)23-4-5(26-12)6-7-8(25-11(21)24-7)9(16-18-14)13(27-6,17-19-15)10(20)22-3/h5-9H,4H2,1-3H3/t5-,6?,7+,8+,9?,13-/m1/s1. The van der Waals surface area contributed by atoms with E-state index >= 15 is 0 Å². The Labute approximate surface area is 151 Å². The lowest BCUT2D eigenvalue weighted by Gasteiger charge is -2.44. The zero-order valence-corrected chi connectivity index (χ0v) is 14.5. The second kappa shape index (κ2) is 6.76. The molecule has 0 amide bonds. The smallest absolute Gasteiger partial charge is 0.467 e. The van der Waals surface area contributed by atoms with E-state index in [2.05, 4.69) is 24.8 Å². The number of azide groups is 2. The van der Waals surface area contributed by atoms with E-state index in [9.17, 15) is 9.59 Å². The monoisotopic (exact) mass is 384 g/mol. The van der Waals surface area contributed by atoms with Crippen LogP contribution in [0.25, 0.3) is 20.9 Å². The first-order chi connectivity index (χ1) is 12.8. The van der Waals surface area contributed by atoms with Gasteiger partial charge < -0.3 is 28.4 Å². The molecule has 14 nitrogen and oxygen atoms in total. The van der Waals surface area contributed by atoms with E-state index in [-0.39, 0.29) is 6.61 Å². The van der Waals surface area contributed by atoms with Gasteiger partial charge in [0.1, 0.15) is 18.2 Å². The Hall–Kier alpha value is -2.76. The second-order valence-corrected chi connectivity index (χ2v) is 6.39. The van der Waals surface area contributed by atoms with Gasteiger partial charge in [-0.1, -0.05) is 5.11 Å². The van der Waals surface area contributed by atoms with Crippen LogP contribution < -0.4 is 0 Å². The molecular weight excluding hydrogens is 368 g/mol. The van der Waals surface area contributed by atoms with Crippen LogP contribution in [0.5, 0.6) is 0 Å². The molecule has 0 aromatic heterocycles. The maximum Gasteiger partial charge on any atom is 0.509 e. The Kier molecular flexibility index (Phi) is 4.76. The molecule has 0 aromatic rings. The fourth-order valence-corrected chi connectivity index (χ4v) is 3.32. The van der Waals surface area contributed by atoms with Crippen LogP contribution in [-0.2, 0) is 33.2 Å². The molecule has 14 heteroatoms. The lowest BCUT2D eigenvalue weighted by molar-refractivity contribution is -0.239. The molecule has 3 fully saturated rings. The third-order valence-electron chi connectivity index (χ3n) is 4.38. The van der Waals surface area contributed by atoms with Crippen LogP contribution in [0, 0.1) is 0 Å². The van der Waals surface area contributed by atoms with Gasteiger partial charge in [-0.05, 0) is 30.0 Å². The first kappa shape index (κ1) is 19.0. The Morgan fingerprint density at radius 2 is 1.89 bits per heavy atom. The van der Waals surface area contributed by atoms with Crippen LogP contribution in [0.15, 0.2) is 10.2 Å². The lowest BCUT2D eigenvalue weighted by Crippen LogP contribution is -2.67. The summed E-state index contributed by atoms with van der Waals surface area (Å²) >= 11 is 0. The van der Waals surface area contributed by atoms with Crippen molar-refractivity contribution >= 4 is 12.1 Å². The largest absolute Gasteiger partial charge is 0.509 e. The number of carbonyl (C=O) groups excluding carboxylic acids is 2. The predicted octanol–water partition coefficient (Wildman–Crippen LogP) is 1.30. The van der Waals surface area contributed by atoms with Gasteiger partial charge in [-0.15, -0.1) is 0 Å². The summed E-state index contributed by atoms with van der Waals surface area (Å²) in [5, 5.41) is 6.86. The van der Waals surface area contributed by atoms with E-state index in [0.29, 0.717) is 0 Å². The number of hydrogen-bond acceptors (Lipinski definition) is 10. The van der Waals surface area contributed by atoms with Crippen molar-refractivity contribution < 1.29 is 38.0 Å². The molecule has 27 heavy (non-hydrogen) atoms. The molecule has 0 radical (unpaired) electrons. The normalized spacial score (nSPS) is 39.2. The highest BCUT2D eigenvalue weighted by molar-refractivity contribution is 5.81. The molecule has 0 aliphatic carbocycles. The van der Waals surface area contributed by atoms with Gasteiger partial charge in [-0.2, -0.15) is 0 Å². The van der Waals surface area contributed by atoms with Crippen molar-refractivity contribution in [3.8, 4) is 0 Å². The molecule has 3 saturated heterocycles. The number of methoxy groups -OCH3 is 1. The van der Waals surface area contributed by atoms with Crippen LogP contribution in [-0.4, -0.2) is 67.8 Å². The molecule has 0 spiro atoms. The van der Waals surface area contributed by atoms with Crippen molar-refractivity contribution in [1.29, 1.82) is 0 Å². The number of ether oxygens (including phenoxy) is 6. The Morgan fingerprint density at radius 3 is 2.44 bits per heavy atom. The molecule has 0 aromatic carbocycles. The molecule has 2 unspecified atom stereocenters. The summed E-state index contributed by atoms with van der Waals surface area (Å²) in [6.45, 7) is 3.36. The van der Waals surface area contributed by atoms with Gasteiger partial charge in [0.05, 0.1) is 13.7 Å². The van der Waals surface area contributed by atoms with Crippen molar-refractivity contribution in [3.05, 3.63) is 20.9 Å². The van der Waals surface area contributed by atoms with E-state index in [1.54, 1.807) is 13.8 Å². The van der Waals surface area contributed by atoms with Crippen molar-refractivity contribution in [3.63, 3.8) is 0 Å². The third-order valence-corrected chi connectivity index (χ3v) is 4.38. The molecule has 3 aliphatic heterocycles. The lowest BCUT2D eigenvalue weighted by atomic mass is 9.87. The van der Waals surface area contributed by atoms with Crippen molar-refractivity contribution in [1.82, 2.24) is 0 Å². The van der Waals surface area contributed by atoms with E-state index in [4.69, 9.17) is 34.7 Å². The summed E-state index contributed by atoms with van der Waals surface area (Å²) in [6.07, 6.45) is -5.35. The quantitative estimate of drug-likeness (QED) is 0.300. The minimum Gasteiger partial charge on any atom is -0.467 e. The highest BCUT2D eigenvalue weighted by Crippen LogP contribution is 2.43. The minimum absolute atomic E-state index is 0.0398. The number of esters is 1. The SMILES string of the molecule is COC(=O)[C@]1(N=[N+]=[N-])OC([C@H]2COC(C)(C)O2)[C@@H]2OC(=O)O[C@@H]2C1N=[N+]=[N-]. The summed E-state index contributed by atoms with van der Waals surface area (Å²) in [7, 11) is 1.03. The average Bonchev–Trinajstić information content (AvgIpc) is 3.18. The minimum atomic E-state index is -2.42. The number of fused-ring (bicyclic) bond motifs is 1. The number of hydrogen-bond donors (Lipinski definition) is 0. The maximum atomic E-state index is 12.5. The first-order valence-electron chi connectivity index (χ1n) is 7.83. The summed E-state index contributed by atoms with van der Waals surface area (Å²) in [5.74, 6) is -2.09. The third kappa shape index (κ3) is 3.09. The summed E-state index contributed by atoms with van der Waals surface area (Å²) in [5.41, 5.74) is 15.5. The van der Waals surface area contributed by atoms with Crippen LogP contribution in [0.4, 0.5) is 4.79 Å². The van der Waals surface area contributed by atoms with Gasteiger partial charge in [0.15, 0.2) is 18.0 Å². The fourth-order valence-electron chi connectivity index (χ4n) is 3.32. The molecule has 0 saturated carbocycles. The topological polar surface area (TPSA) is 187 Å². The van der Waals surface area contributed by atoms with E-state index in [1.807, 2.05) is 0 Å². The fraction of sp³-hybridized carbons (Fsp3) is 0.846. The number of nitrogens with zero attached hydrogens (tertiary/aromatic N) is 6. The van der Waals surface area contributed by atoms with Gasteiger partial charge in [-0.3, -0.25) is 0 Å². The maximum absolute atomic E-state index is 12.5. The Morgan fingerprint density at radius 1 is 1.19 bits per heavy atom. The molecule has 3 rings (SSSR count). The van der Waals surface area contributed by atoms with E-state index in [1.165, 1.54) is 0 Å². The zero-order chi connectivity index (χ0) is 19.8. The number of rotatable bonds is 4. The zero-order valence-electron chi connectivity index (χ0n) is 14.5. The molecule has 146 valence electrons. The van der Waals surface area contributed by atoms with Crippen LogP contribution in [0.1, 0.15) is 13.8 Å². The second-order valence-electron chi connectivity index (χ2n) is 6.39. The first-order valence-corrected chi connectivity index (χ1v) is 7.83. The van der Waals surface area contributed by atoms with Crippen molar-refractivity contribution in [2.75, 3.05) is 13.7 Å². The van der Waals surface area contributed by atoms with Crippen LogP contribution in [0.3, 0.4) is 0 Å². The summed E-state index contributed by atoms with van der Waals surface area (Å²) in [4.78, 5) is 29.5. The molecular formula is C13H16N6O8. The summed E-state index contributed by atoms with van der Waals surface area (Å²) in [6, 6.07) is -1.56. The Balaban J connectivity index is 2.09. The predicted molar refractivity (Wildman–Crippen MR) is 81.7 cm³/mol. The van der Waals surface area contributed by atoms with Crippen molar-refractivity contribution in [2.24, 2.45) is 10.2 Å². The van der Waals surface area contributed by atoms with Gasteiger partial charge >= 0.3 is 12.1 Å². The van der Waals surface area contributed by atoms with Crippen LogP contribution in [0.2, 0.25) is 0 Å². The highest BCUT2D eigenvalue weighted by atomic mass is 16.8. The molecule has 6 atom stereocenters. The van der Waals surface area contributed by atoms with Crippen LogP contribution >= 0.6 is 0 Å². The highest BCUT2D eigenvalue weighted by Gasteiger charge is 2.66.